The molecule has 0 saturated carbocycles. The Labute approximate surface area is 203 Å². The zero-order valence-corrected chi connectivity index (χ0v) is 19.5. The normalized spacial score (nSPS) is 15.8. The Hall–Kier alpha value is -4.22. The van der Waals surface area contributed by atoms with Crippen molar-refractivity contribution in [1.29, 1.82) is 5.26 Å². The molecule has 0 spiro atoms. The number of nitriles is 1. The van der Waals surface area contributed by atoms with Crippen LogP contribution in [0.1, 0.15) is 48.0 Å². The standard InChI is InChI=1S/C27H26N6O2/c1-34-22-12-9-21(10-13-22)17-29-26-25-27(31-18-30-26)33(24-4-2-3-15-35-24)23(32-25)14-11-19-5-7-20(16-28)8-6-19/h5-14,18,24H,2-4,15,17H2,1H3,(H,29,30,31)/b14-11+. The van der Waals surface area contributed by atoms with E-state index in [1.54, 1.807) is 25.6 Å². The number of ether oxygens (including phenoxy) is 2. The summed E-state index contributed by atoms with van der Waals surface area (Å²) in [6.07, 6.45) is 8.45. The molecular formula is C27H26N6O2. The molecule has 0 radical (unpaired) electrons. The van der Waals surface area contributed by atoms with Crippen molar-refractivity contribution in [1.82, 2.24) is 19.5 Å². The molecule has 2 aromatic carbocycles. The molecular weight excluding hydrogens is 440 g/mol. The van der Waals surface area contributed by atoms with Crippen LogP contribution in [0.3, 0.4) is 0 Å². The zero-order chi connectivity index (χ0) is 24.0. The van der Waals surface area contributed by atoms with E-state index in [1.165, 1.54) is 0 Å². The highest BCUT2D eigenvalue weighted by Crippen LogP contribution is 2.30. The maximum absolute atomic E-state index is 9.04. The molecule has 1 saturated heterocycles. The van der Waals surface area contributed by atoms with Crippen LogP contribution in [0, 0.1) is 11.3 Å². The third kappa shape index (κ3) is 5.00. The van der Waals surface area contributed by atoms with Crippen molar-refractivity contribution in [3.63, 3.8) is 0 Å². The molecule has 1 atom stereocenters. The second-order valence-corrected chi connectivity index (χ2v) is 8.32. The summed E-state index contributed by atoms with van der Waals surface area (Å²) in [6.45, 7) is 1.32. The summed E-state index contributed by atoms with van der Waals surface area (Å²) in [5.74, 6) is 2.25. The summed E-state index contributed by atoms with van der Waals surface area (Å²) in [5, 5.41) is 12.5. The number of fused-ring (bicyclic) bond motifs is 1. The second kappa shape index (κ2) is 10.4. The number of anilines is 1. The van der Waals surface area contributed by atoms with Crippen LogP contribution in [0.2, 0.25) is 0 Å². The fraction of sp³-hybridized carbons (Fsp3) is 0.259. The van der Waals surface area contributed by atoms with Gasteiger partial charge in [0.2, 0.25) is 0 Å². The van der Waals surface area contributed by atoms with Gasteiger partial charge in [-0.25, -0.2) is 15.0 Å². The van der Waals surface area contributed by atoms with Gasteiger partial charge in [0.15, 0.2) is 17.0 Å². The number of hydrogen-bond acceptors (Lipinski definition) is 7. The SMILES string of the molecule is COc1ccc(CNc2ncnc3c2nc(/C=C/c2ccc(C#N)cc2)n3C2CCCCO2)cc1. The summed E-state index contributed by atoms with van der Waals surface area (Å²) in [6, 6.07) is 17.5. The van der Waals surface area contributed by atoms with Gasteiger partial charge in [0, 0.05) is 13.2 Å². The Bertz CT molecular complexity index is 1360. The monoisotopic (exact) mass is 466 g/mol. The number of benzene rings is 2. The summed E-state index contributed by atoms with van der Waals surface area (Å²) in [5.41, 5.74) is 4.16. The molecule has 0 bridgehead atoms. The van der Waals surface area contributed by atoms with Crippen LogP contribution < -0.4 is 10.1 Å². The topological polar surface area (TPSA) is 97.9 Å². The second-order valence-electron chi connectivity index (χ2n) is 8.32. The van der Waals surface area contributed by atoms with Gasteiger partial charge < -0.3 is 14.8 Å². The number of imidazole rings is 1. The first-order valence-corrected chi connectivity index (χ1v) is 11.6. The van der Waals surface area contributed by atoms with E-state index >= 15 is 0 Å². The minimum absolute atomic E-state index is 0.126. The van der Waals surface area contributed by atoms with Crippen molar-refractivity contribution in [3.05, 3.63) is 77.4 Å². The van der Waals surface area contributed by atoms with E-state index in [9.17, 15) is 0 Å². The number of nitrogens with zero attached hydrogens (tertiary/aromatic N) is 5. The van der Waals surface area contributed by atoms with Crippen molar-refractivity contribution in [2.45, 2.75) is 32.0 Å². The fourth-order valence-corrected chi connectivity index (χ4v) is 4.15. The Kier molecular flexibility index (Phi) is 6.68. The van der Waals surface area contributed by atoms with Crippen molar-refractivity contribution in [2.75, 3.05) is 19.0 Å². The molecule has 35 heavy (non-hydrogen) atoms. The van der Waals surface area contributed by atoms with E-state index in [0.717, 1.165) is 54.2 Å². The third-order valence-corrected chi connectivity index (χ3v) is 6.03. The molecule has 5 rings (SSSR count). The van der Waals surface area contributed by atoms with Gasteiger partial charge in [-0.2, -0.15) is 5.26 Å². The van der Waals surface area contributed by atoms with E-state index in [4.69, 9.17) is 19.7 Å². The minimum atomic E-state index is -0.126. The van der Waals surface area contributed by atoms with E-state index in [1.807, 2.05) is 48.6 Å². The molecule has 3 heterocycles. The van der Waals surface area contributed by atoms with Crippen LogP contribution in [0.15, 0.2) is 54.9 Å². The highest BCUT2D eigenvalue weighted by molar-refractivity contribution is 5.85. The van der Waals surface area contributed by atoms with Crippen LogP contribution in [-0.2, 0) is 11.3 Å². The molecule has 1 N–H and O–H groups in total. The van der Waals surface area contributed by atoms with Gasteiger partial charge in [0.05, 0.1) is 18.7 Å². The lowest BCUT2D eigenvalue weighted by atomic mass is 10.1. The van der Waals surface area contributed by atoms with E-state index < -0.39 is 0 Å². The number of aromatic nitrogens is 4. The van der Waals surface area contributed by atoms with Gasteiger partial charge in [0.25, 0.3) is 0 Å². The van der Waals surface area contributed by atoms with Gasteiger partial charge in [-0.15, -0.1) is 0 Å². The molecule has 1 aliphatic rings. The first-order valence-electron chi connectivity index (χ1n) is 11.6. The molecule has 1 aliphatic heterocycles. The first-order chi connectivity index (χ1) is 17.2. The number of nitrogens with one attached hydrogen (secondary N) is 1. The molecule has 8 nitrogen and oxygen atoms in total. The lowest BCUT2D eigenvalue weighted by Crippen LogP contribution is -2.19. The molecule has 8 heteroatoms. The van der Waals surface area contributed by atoms with Gasteiger partial charge in [-0.1, -0.05) is 30.3 Å². The number of rotatable bonds is 7. The Morgan fingerprint density at radius 1 is 1.11 bits per heavy atom. The molecule has 0 amide bonds. The predicted octanol–water partition coefficient (Wildman–Crippen LogP) is 5.19. The number of hydrogen-bond donors (Lipinski definition) is 1. The van der Waals surface area contributed by atoms with Crippen LogP contribution in [0.5, 0.6) is 5.75 Å². The summed E-state index contributed by atoms with van der Waals surface area (Å²) < 4.78 is 13.4. The molecule has 4 aromatic rings. The Balaban J connectivity index is 1.48. The average molecular weight is 467 g/mol. The number of methoxy groups -OCH3 is 1. The summed E-state index contributed by atoms with van der Waals surface area (Å²) in [4.78, 5) is 14.0. The first kappa shape index (κ1) is 22.6. The van der Waals surface area contributed by atoms with Crippen LogP contribution in [0.25, 0.3) is 23.3 Å². The van der Waals surface area contributed by atoms with Gasteiger partial charge in [-0.05, 0) is 60.7 Å². The van der Waals surface area contributed by atoms with Crippen LogP contribution in [-0.4, -0.2) is 33.2 Å². The van der Waals surface area contributed by atoms with E-state index in [2.05, 4.69) is 25.9 Å². The van der Waals surface area contributed by atoms with Gasteiger partial charge >= 0.3 is 0 Å². The summed E-state index contributed by atoms with van der Waals surface area (Å²) >= 11 is 0. The highest BCUT2D eigenvalue weighted by Gasteiger charge is 2.23. The van der Waals surface area contributed by atoms with E-state index in [0.29, 0.717) is 23.4 Å². The maximum atomic E-state index is 9.04. The third-order valence-electron chi connectivity index (χ3n) is 6.03. The van der Waals surface area contributed by atoms with Gasteiger partial charge in [-0.3, -0.25) is 4.57 Å². The Morgan fingerprint density at radius 3 is 2.66 bits per heavy atom. The smallest absolute Gasteiger partial charge is 0.168 e. The summed E-state index contributed by atoms with van der Waals surface area (Å²) in [7, 11) is 1.66. The van der Waals surface area contributed by atoms with Crippen molar-refractivity contribution in [2.24, 2.45) is 0 Å². The molecule has 1 fully saturated rings. The Morgan fingerprint density at radius 2 is 1.94 bits per heavy atom. The van der Waals surface area contributed by atoms with Crippen molar-refractivity contribution in [3.8, 4) is 11.8 Å². The zero-order valence-electron chi connectivity index (χ0n) is 19.5. The predicted molar refractivity (Wildman–Crippen MR) is 135 cm³/mol. The van der Waals surface area contributed by atoms with Crippen molar-refractivity contribution >= 4 is 29.1 Å². The van der Waals surface area contributed by atoms with Gasteiger partial charge in [0.1, 0.15) is 24.1 Å². The van der Waals surface area contributed by atoms with E-state index in [-0.39, 0.29) is 6.23 Å². The fourth-order valence-electron chi connectivity index (χ4n) is 4.15. The molecule has 1 unspecified atom stereocenters. The molecule has 176 valence electrons. The lowest BCUT2D eigenvalue weighted by molar-refractivity contribution is -0.0301. The molecule has 2 aromatic heterocycles. The maximum Gasteiger partial charge on any atom is 0.168 e. The van der Waals surface area contributed by atoms with Crippen LogP contribution in [0.4, 0.5) is 5.82 Å². The van der Waals surface area contributed by atoms with Crippen molar-refractivity contribution < 1.29 is 9.47 Å². The minimum Gasteiger partial charge on any atom is -0.497 e. The lowest BCUT2D eigenvalue weighted by Gasteiger charge is -2.25. The largest absolute Gasteiger partial charge is 0.497 e. The molecule has 0 aliphatic carbocycles. The highest BCUT2D eigenvalue weighted by atomic mass is 16.5. The average Bonchev–Trinajstić information content (AvgIpc) is 3.31. The van der Waals surface area contributed by atoms with Crippen LogP contribution >= 0.6 is 0 Å². The quantitative estimate of drug-likeness (QED) is 0.400.